The fraction of sp³-hybridized carbons (Fsp3) is 1.00. The van der Waals surface area contributed by atoms with Gasteiger partial charge >= 0.3 is 0 Å². The van der Waals surface area contributed by atoms with Crippen LogP contribution in [0.3, 0.4) is 0 Å². The normalized spacial score (nSPS) is 14.1. The van der Waals surface area contributed by atoms with Gasteiger partial charge in [0.25, 0.3) is 0 Å². The Morgan fingerprint density at radius 2 is 1.70 bits per heavy atom. The van der Waals surface area contributed by atoms with Gasteiger partial charge < -0.3 is 27.8 Å². The third-order valence-corrected chi connectivity index (χ3v) is 1.65. The minimum absolute atomic E-state index is 0. The van der Waals surface area contributed by atoms with Crippen LogP contribution in [0.1, 0.15) is 6.92 Å². The number of aliphatic hydroxyl groups is 1. The molecule has 0 rings (SSSR count). The predicted octanol–water partition coefficient (Wildman–Crippen LogP) is -2.64. The Balaban J connectivity index is 0. The largest absolute Gasteiger partial charge is 0.412 e. The van der Waals surface area contributed by atoms with Crippen LogP contribution in [0.2, 0.25) is 0 Å². The molecule has 10 heavy (non-hydrogen) atoms. The average molecular weight is 151 g/mol. The molecule has 1 unspecified atom stereocenters. The van der Waals surface area contributed by atoms with Crippen molar-refractivity contribution in [3.8, 4) is 0 Å². The first kappa shape index (κ1) is 12.5. The highest BCUT2D eigenvalue weighted by molar-refractivity contribution is 4.80. The van der Waals surface area contributed by atoms with Crippen LogP contribution < -0.4 is 17.2 Å². The van der Waals surface area contributed by atoms with E-state index in [2.05, 4.69) is 0 Å². The smallest absolute Gasteiger partial charge is 0.110 e. The van der Waals surface area contributed by atoms with Gasteiger partial charge in [0.15, 0.2) is 0 Å². The van der Waals surface area contributed by atoms with Crippen LogP contribution in [-0.2, 0) is 0 Å². The van der Waals surface area contributed by atoms with Gasteiger partial charge in [0, 0.05) is 18.5 Å². The molecule has 0 amide bonds. The number of rotatable bonds is 3. The Kier molecular flexibility index (Phi) is 5.73. The van der Waals surface area contributed by atoms with Gasteiger partial charge in [-0.05, 0) is 0 Å². The summed E-state index contributed by atoms with van der Waals surface area (Å²) in [6.45, 7) is 2.36. The van der Waals surface area contributed by atoms with Crippen LogP contribution in [0, 0.1) is 5.41 Å². The van der Waals surface area contributed by atoms with Crippen molar-refractivity contribution < 1.29 is 10.6 Å². The molecule has 1 atom stereocenters. The zero-order valence-electron chi connectivity index (χ0n) is 6.17. The number of aliphatic hydroxyl groups excluding tert-OH is 1. The second-order valence-corrected chi connectivity index (χ2v) is 2.51. The first-order valence-corrected chi connectivity index (χ1v) is 2.90. The first-order chi connectivity index (χ1) is 4.06. The summed E-state index contributed by atoms with van der Waals surface area (Å²) in [6.07, 6.45) is -0.924. The van der Waals surface area contributed by atoms with E-state index in [1.54, 1.807) is 6.92 Å². The number of hydrogen-bond acceptors (Lipinski definition) is 4. The lowest BCUT2D eigenvalue weighted by Gasteiger charge is -2.28. The second-order valence-electron chi connectivity index (χ2n) is 2.51. The molecule has 0 aliphatic rings. The molecule has 0 aromatic heterocycles. The lowest BCUT2D eigenvalue weighted by Crippen LogP contribution is -2.49. The number of nitrogens with two attached hydrogens (primary N) is 3. The lowest BCUT2D eigenvalue weighted by molar-refractivity contribution is 0.0548. The van der Waals surface area contributed by atoms with E-state index in [1.165, 1.54) is 0 Å². The van der Waals surface area contributed by atoms with E-state index in [1.807, 2.05) is 0 Å². The van der Waals surface area contributed by atoms with E-state index in [0.29, 0.717) is 13.1 Å². The molecule has 9 N–H and O–H groups in total. The monoisotopic (exact) mass is 151 g/mol. The fourth-order valence-electron chi connectivity index (χ4n) is 0.325. The molecule has 5 heteroatoms. The molecule has 0 fully saturated rings. The van der Waals surface area contributed by atoms with E-state index in [4.69, 9.17) is 22.3 Å². The van der Waals surface area contributed by atoms with Gasteiger partial charge in [-0.25, -0.2) is 0 Å². The topological polar surface area (TPSA) is 130 Å². The maximum atomic E-state index is 8.89. The van der Waals surface area contributed by atoms with Crippen LogP contribution in [0.15, 0.2) is 0 Å². The quantitative estimate of drug-likeness (QED) is 0.328. The van der Waals surface area contributed by atoms with E-state index in [9.17, 15) is 0 Å². The summed E-state index contributed by atoms with van der Waals surface area (Å²) >= 11 is 0. The molecular weight excluding hydrogens is 134 g/mol. The molecule has 0 saturated carbocycles. The number of hydrogen-bond donors (Lipinski definition) is 4. The van der Waals surface area contributed by atoms with Crippen molar-refractivity contribution in [3.05, 3.63) is 0 Å². The Bertz CT molecular complexity index is 83.0. The molecule has 0 aliphatic carbocycles. The van der Waals surface area contributed by atoms with Crippen LogP contribution in [0.5, 0.6) is 0 Å². The van der Waals surface area contributed by atoms with Crippen molar-refractivity contribution in [3.63, 3.8) is 0 Å². The van der Waals surface area contributed by atoms with Crippen molar-refractivity contribution >= 4 is 0 Å². The molecule has 0 aromatic rings. The Morgan fingerprint density at radius 1 is 1.40 bits per heavy atom. The van der Waals surface area contributed by atoms with Crippen molar-refractivity contribution in [2.75, 3.05) is 13.1 Å². The van der Waals surface area contributed by atoms with Crippen molar-refractivity contribution in [1.29, 1.82) is 0 Å². The minimum atomic E-state index is -0.924. The van der Waals surface area contributed by atoms with Gasteiger partial charge in [0.05, 0.1) is 0 Å². The molecular formula is C5H17N3O2. The molecule has 0 aliphatic heterocycles. The summed E-state index contributed by atoms with van der Waals surface area (Å²) < 4.78 is 0. The van der Waals surface area contributed by atoms with E-state index in [0.717, 1.165) is 0 Å². The zero-order valence-corrected chi connectivity index (χ0v) is 6.17. The van der Waals surface area contributed by atoms with Gasteiger partial charge in [-0.2, -0.15) is 0 Å². The molecule has 5 nitrogen and oxygen atoms in total. The summed E-state index contributed by atoms with van der Waals surface area (Å²) in [5.74, 6) is 0. The molecule has 0 bridgehead atoms. The van der Waals surface area contributed by atoms with Crippen LogP contribution in [0.4, 0.5) is 0 Å². The summed E-state index contributed by atoms with van der Waals surface area (Å²) in [5.41, 5.74) is 15.3. The highest BCUT2D eigenvalue weighted by Crippen LogP contribution is 2.13. The van der Waals surface area contributed by atoms with Crippen LogP contribution >= 0.6 is 0 Å². The molecule has 0 aromatic carbocycles. The third-order valence-electron chi connectivity index (χ3n) is 1.65. The van der Waals surface area contributed by atoms with E-state index >= 15 is 0 Å². The van der Waals surface area contributed by atoms with E-state index < -0.39 is 11.6 Å². The van der Waals surface area contributed by atoms with Gasteiger partial charge in [-0.1, -0.05) is 6.92 Å². The molecule has 0 radical (unpaired) electrons. The summed E-state index contributed by atoms with van der Waals surface area (Å²) in [5, 5.41) is 8.89. The van der Waals surface area contributed by atoms with Crippen LogP contribution in [-0.4, -0.2) is 29.9 Å². The van der Waals surface area contributed by atoms with E-state index in [-0.39, 0.29) is 5.48 Å². The summed E-state index contributed by atoms with van der Waals surface area (Å²) in [7, 11) is 0. The zero-order chi connectivity index (χ0) is 7.49. The maximum Gasteiger partial charge on any atom is 0.110 e. The van der Waals surface area contributed by atoms with Gasteiger partial charge in [-0.15, -0.1) is 0 Å². The first-order valence-electron chi connectivity index (χ1n) is 2.90. The third kappa shape index (κ3) is 2.59. The van der Waals surface area contributed by atoms with Gasteiger partial charge in [0.2, 0.25) is 0 Å². The van der Waals surface area contributed by atoms with Crippen molar-refractivity contribution in [2.24, 2.45) is 22.6 Å². The fourth-order valence-corrected chi connectivity index (χ4v) is 0.325. The standard InChI is InChI=1S/C5H15N3O.H2O/c1-5(2-6,3-7)4(8)9;/h4,9H,2-3,6-8H2,1H3;1H2. The average Bonchev–Trinajstić information content (AvgIpc) is 1.86. The predicted molar refractivity (Wildman–Crippen MR) is 40.0 cm³/mol. The van der Waals surface area contributed by atoms with Crippen molar-refractivity contribution in [1.82, 2.24) is 0 Å². The summed E-state index contributed by atoms with van der Waals surface area (Å²) in [4.78, 5) is 0. The summed E-state index contributed by atoms with van der Waals surface area (Å²) in [6, 6.07) is 0. The molecule has 64 valence electrons. The SMILES string of the molecule is CC(CN)(CN)C(N)O.O. The molecule has 0 saturated heterocycles. The highest BCUT2D eigenvalue weighted by atomic mass is 16.3. The van der Waals surface area contributed by atoms with Gasteiger partial charge in [0.1, 0.15) is 6.23 Å². The Labute approximate surface area is 60.5 Å². The second kappa shape index (κ2) is 4.59. The van der Waals surface area contributed by atoms with Gasteiger partial charge in [-0.3, -0.25) is 0 Å². The molecule has 0 heterocycles. The highest BCUT2D eigenvalue weighted by Gasteiger charge is 2.26. The molecule has 0 spiro atoms. The van der Waals surface area contributed by atoms with Crippen molar-refractivity contribution in [2.45, 2.75) is 13.2 Å². The lowest BCUT2D eigenvalue weighted by atomic mass is 9.89. The Morgan fingerprint density at radius 3 is 1.70 bits per heavy atom. The maximum absolute atomic E-state index is 8.89. The van der Waals surface area contributed by atoms with Crippen LogP contribution in [0.25, 0.3) is 0 Å². The Hall–Kier alpha value is -0.200. The minimum Gasteiger partial charge on any atom is -0.412 e.